The number of aliphatic carboxylic acids is 1. The van der Waals surface area contributed by atoms with Gasteiger partial charge in [0.15, 0.2) is 0 Å². The van der Waals surface area contributed by atoms with Crippen molar-refractivity contribution in [1.82, 2.24) is 10.6 Å². The number of carboxylic acid groups (broad SMARTS) is 1. The maximum atomic E-state index is 12.5. The maximum Gasteiger partial charge on any atom is 0.326 e. The van der Waals surface area contributed by atoms with Crippen LogP contribution in [0.4, 0.5) is 0 Å². The summed E-state index contributed by atoms with van der Waals surface area (Å²) in [6.45, 7) is 4.29. The molecule has 152 valence electrons. The van der Waals surface area contributed by atoms with Crippen molar-refractivity contribution in [3.63, 3.8) is 0 Å². The van der Waals surface area contributed by atoms with Crippen LogP contribution in [0.15, 0.2) is 0 Å². The molecule has 0 aromatic rings. The van der Waals surface area contributed by atoms with Crippen LogP contribution in [0.3, 0.4) is 0 Å². The SMILES string of the molecule is CCC(C)C(N)C(=O)NC(CCSC)C(=O)NC(CCCCN)C(=O)O. The Balaban J connectivity index is 4.94. The molecule has 0 radical (unpaired) electrons. The van der Waals surface area contributed by atoms with E-state index in [4.69, 9.17) is 11.5 Å². The molecule has 0 aliphatic heterocycles. The summed E-state index contributed by atoms with van der Waals surface area (Å²) in [7, 11) is 0. The van der Waals surface area contributed by atoms with Gasteiger partial charge in [-0.15, -0.1) is 0 Å². The standard InChI is InChI=1S/C17H34N4O4S/c1-4-11(2)14(19)16(23)20-12(8-10-26-3)15(22)21-13(17(24)25)7-5-6-9-18/h11-14H,4-10,18-19H2,1-3H3,(H,20,23)(H,21,22)(H,24,25). The van der Waals surface area contributed by atoms with Crippen LogP contribution in [-0.2, 0) is 14.4 Å². The van der Waals surface area contributed by atoms with Gasteiger partial charge < -0.3 is 27.2 Å². The molecule has 2 amide bonds. The van der Waals surface area contributed by atoms with Crippen molar-refractivity contribution in [3.05, 3.63) is 0 Å². The van der Waals surface area contributed by atoms with Gasteiger partial charge in [0.2, 0.25) is 11.8 Å². The Morgan fingerprint density at radius 2 is 1.69 bits per heavy atom. The number of nitrogens with one attached hydrogen (secondary N) is 2. The zero-order valence-electron chi connectivity index (χ0n) is 16.0. The van der Waals surface area contributed by atoms with Crippen LogP contribution in [-0.4, -0.2) is 59.6 Å². The van der Waals surface area contributed by atoms with Gasteiger partial charge in [-0.2, -0.15) is 11.8 Å². The fourth-order valence-electron chi connectivity index (χ4n) is 2.31. The molecule has 0 aromatic heterocycles. The minimum Gasteiger partial charge on any atom is -0.480 e. The molecule has 4 unspecified atom stereocenters. The lowest BCUT2D eigenvalue weighted by Crippen LogP contribution is -2.55. The van der Waals surface area contributed by atoms with E-state index in [0.717, 1.165) is 6.42 Å². The molecular weight excluding hydrogens is 356 g/mol. The van der Waals surface area contributed by atoms with Gasteiger partial charge in [0.1, 0.15) is 12.1 Å². The van der Waals surface area contributed by atoms with Crippen molar-refractivity contribution >= 4 is 29.5 Å². The topological polar surface area (TPSA) is 148 Å². The number of unbranched alkanes of at least 4 members (excludes halogenated alkanes) is 1. The second-order valence-corrected chi connectivity index (χ2v) is 7.42. The maximum absolute atomic E-state index is 12.5. The molecule has 0 spiro atoms. The Labute approximate surface area is 160 Å². The van der Waals surface area contributed by atoms with Crippen molar-refractivity contribution in [3.8, 4) is 0 Å². The monoisotopic (exact) mass is 390 g/mol. The first kappa shape index (κ1) is 24.7. The molecule has 0 aliphatic carbocycles. The minimum absolute atomic E-state index is 0.0118. The minimum atomic E-state index is -1.10. The lowest BCUT2D eigenvalue weighted by molar-refractivity contribution is -0.142. The van der Waals surface area contributed by atoms with Crippen LogP contribution in [0.25, 0.3) is 0 Å². The highest BCUT2D eigenvalue weighted by atomic mass is 32.2. The molecule has 26 heavy (non-hydrogen) atoms. The van der Waals surface area contributed by atoms with Gasteiger partial charge in [0, 0.05) is 0 Å². The highest BCUT2D eigenvalue weighted by molar-refractivity contribution is 7.98. The van der Waals surface area contributed by atoms with E-state index in [1.54, 1.807) is 11.8 Å². The number of amides is 2. The fraction of sp³-hybridized carbons (Fsp3) is 0.824. The van der Waals surface area contributed by atoms with Gasteiger partial charge in [0.25, 0.3) is 0 Å². The van der Waals surface area contributed by atoms with Gasteiger partial charge >= 0.3 is 5.97 Å². The van der Waals surface area contributed by atoms with Crippen molar-refractivity contribution in [2.24, 2.45) is 17.4 Å². The highest BCUT2D eigenvalue weighted by Gasteiger charge is 2.28. The Morgan fingerprint density at radius 3 is 2.19 bits per heavy atom. The summed E-state index contributed by atoms with van der Waals surface area (Å²) < 4.78 is 0. The van der Waals surface area contributed by atoms with Crippen molar-refractivity contribution in [2.45, 2.75) is 64.1 Å². The number of nitrogens with two attached hydrogens (primary N) is 2. The number of thioether (sulfide) groups is 1. The molecule has 0 heterocycles. The molecule has 0 saturated carbocycles. The van der Waals surface area contributed by atoms with Gasteiger partial charge in [0.05, 0.1) is 6.04 Å². The van der Waals surface area contributed by atoms with Gasteiger partial charge in [-0.25, -0.2) is 4.79 Å². The molecule has 4 atom stereocenters. The number of carbonyl (C=O) groups excluding carboxylic acids is 2. The average molecular weight is 391 g/mol. The summed E-state index contributed by atoms with van der Waals surface area (Å²) in [5.41, 5.74) is 11.3. The quantitative estimate of drug-likeness (QED) is 0.268. The molecular formula is C17H34N4O4S. The molecule has 0 saturated heterocycles. The fourth-order valence-corrected chi connectivity index (χ4v) is 2.78. The molecule has 0 aliphatic rings. The first-order chi connectivity index (χ1) is 12.3. The summed E-state index contributed by atoms with van der Waals surface area (Å²) in [6.07, 6.45) is 4.65. The van der Waals surface area contributed by atoms with Crippen molar-refractivity contribution in [2.75, 3.05) is 18.6 Å². The zero-order valence-corrected chi connectivity index (χ0v) is 16.8. The van der Waals surface area contributed by atoms with Crippen molar-refractivity contribution < 1.29 is 19.5 Å². The molecule has 0 bridgehead atoms. The van der Waals surface area contributed by atoms with Gasteiger partial charge in [-0.1, -0.05) is 20.3 Å². The number of carboxylic acids is 1. The first-order valence-corrected chi connectivity index (χ1v) is 10.5. The Morgan fingerprint density at radius 1 is 1.08 bits per heavy atom. The van der Waals surface area contributed by atoms with Crippen LogP contribution in [0.5, 0.6) is 0 Å². The summed E-state index contributed by atoms with van der Waals surface area (Å²) in [4.78, 5) is 36.2. The number of hydrogen-bond acceptors (Lipinski definition) is 6. The van der Waals surface area contributed by atoms with Gasteiger partial charge in [-0.05, 0) is 50.2 Å². The third-order valence-electron chi connectivity index (χ3n) is 4.36. The van der Waals surface area contributed by atoms with Crippen molar-refractivity contribution in [1.29, 1.82) is 0 Å². The highest BCUT2D eigenvalue weighted by Crippen LogP contribution is 2.08. The van der Waals surface area contributed by atoms with E-state index < -0.39 is 35.9 Å². The Kier molecular flexibility index (Phi) is 13.1. The summed E-state index contributed by atoms with van der Waals surface area (Å²) in [5, 5.41) is 14.5. The number of hydrogen-bond donors (Lipinski definition) is 5. The average Bonchev–Trinajstić information content (AvgIpc) is 2.62. The van der Waals surface area contributed by atoms with Crippen LogP contribution in [0.2, 0.25) is 0 Å². The van der Waals surface area contributed by atoms with E-state index in [0.29, 0.717) is 38.0 Å². The van der Waals surface area contributed by atoms with E-state index in [-0.39, 0.29) is 5.92 Å². The van der Waals surface area contributed by atoms with E-state index in [9.17, 15) is 19.5 Å². The number of carbonyl (C=O) groups is 3. The third kappa shape index (κ3) is 9.40. The largest absolute Gasteiger partial charge is 0.480 e. The second-order valence-electron chi connectivity index (χ2n) is 6.44. The summed E-state index contributed by atoms with van der Waals surface area (Å²) >= 11 is 1.54. The zero-order chi connectivity index (χ0) is 20.1. The Bertz CT molecular complexity index is 450. The molecule has 8 nitrogen and oxygen atoms in total. The molecule has 9 heteroatoms. The summed E-state index contributed by atoms with van der Waals surface area (Å²) in [5.74, 6) is -1.34. The smallest absolute Gasteiger partial charge is 0.326 e. The van der Waals surface area contributed by atoms with Crippen LogP contribution in [0, 0.1) is 5.92 Å². The second kappa shape index (κ2) is 13.8. The third-order valence-corrected chi connectivity index (χ3v) is 5.01. The predicted molar refractivity (Wildman–Crippen MR) is 105 cm³/mol. The van der Waals surface area contributed by atoms with E-state index in [1.165, 1.54) is 0 Å². The van der Waals surface area contributed by atoms with Gasteiger partial charge in [-0.3, -0.25) is 9.59 Å². The molecule has 0 rings (SSSR count). The summed E-state index contributed by atoms with van der Waals surface area (Å²) in [6, 6.07) is -2.50. The lowest BCUT2D eigenvalue weighted by atomic mass is 9.99. The van der Waals surface area contributed by atoms with Crippen LogP contribution < -0.4 is 22.1 Å². The lowest BCUT2D eigenvalue weighted by Gasteiger charge is -2.24. The molecule has 7 N–H and O–H groups in total. The van der Waals surface area contributed by atoms with E-state index in [2.05, 4.69) is 10.6 Å². The molecule has 0 aromatic carbocycles. The Hall–Kier alpha value is -1.32. The first-order valence-electron chi connectivity index (χ1n) is 9.06. The van der Waals surface area contributed by atoms with Crippen LogP contribution in [0.1, 0.15) is 46.0 Å². The predicted octanol–water partition coefficient (Wildman–Crippen LogP) is 0.296. The number of rotatable bonds is 14. The molecule has 0 fully saturated rings. The normalized spacial score (nSPS) is 15.6. The van der Waals surface area contributed by atoms with E-state index >= 15 is 0 Å². The van der Waals surface area contributed by atoms with Crippen LogP contribution >= 0.6 is 11.8 Å². The van der Waals surface area contributed by atoms with E-state index in [1.807, 2.05) is 20.1 Å².